The van der Waals surface area contributed by atoms with E-state index in [0.717, 1.165) is 83.8 Å². The number of aromatic nitrogens is 3. The third-order valence-electron chi connectivity index (χ3n) is 16.0. The van der Waals surface area contributed by atoms with Gasteiger partial charge in [-0.15, -0.1) is 11.3 Å². The fraction of sp³-hybridized carbons (Fsp3) is 0.492. The van der Waals surface area contributed by atoms with Crippen LogP contribution in [0.25, 0.3) is 44.1 Å². The molecule has 450 valence electrons. The lowest BCUT2D eigenvalue weighted by Gasteiger charge is -2.35. The average Bonchev–Trinajstić information content (AvgIpc) is 1.68. The zero-order chi connectivity index (χ0) is 59.3. The number of phenols is 1. The van der Waals surface area contributed by atoms with Crippen molar-refractivity contribution in [3.63, 3.8) is 0 Å². The summed E-state index contributed by atoms with van der Waals surface area (Å²) in [6.07, 6.45) is 6.92. The molecule has 4 N–H and O–H groups in total. The summed E-state index contributed by atoms with van der Waals surface area (Å²) >= 11 is 8.16. The predicted octanol–water partition coefficient (Wildman–Crippen LogP) is 8.60. The Morgan fingerprint density at radius 2 is 1.54 bits per heavy atom. The Labute approximate surface area is 497 Å². The second-order valence-corrected chi connectivity index (χ2v) is 22.7. The van der Waals surface area contributed by atoms with Gasteiger partial charge >= 0.3 is 0 Å². The van der Waals surface area contributed by atoms with Crippen LogP contribution in [-0.2, 0) is 33.4 Å². The summed E-state index contributed by atoms with van der Waals surface area (Å²) in [6.45, 7) is 8.36. The Bertz CT molecular complexity index is 3250. The monoisotopic (exact) mass is 1200 g/mol. The number of anilines is 2. The van der Waals surface area contributed by atoms with Gasteiger partial charge in [0, 0.05) is 93.5 Å². The SMILES string of the molecule is CN[C@@H](C)C(=O)N[C@H](C(=O)N1CCC[C@H]1c1nc(-c2ccc(OCCOCCOCCOCCN(C)C(=O)CCNc3nc(N4CCN(C(C)=O)CC4)c4cc(Cl)c(-c5c(O)cccc5F)c(F)c4n3)c3ccccc23)cs1)C1CCCCC1. The van der Waals surface area contributed by atoms with Crippen molar-refractivity contribution < 1.29 is 52.0 Å². The van der Waals surface area contributed by atoms with Gasteiger partial charge in [0.15, 0.2) is 5.82 Å². The molecule has 4 aromatic carbocycles. The number of nitrogens with zero attached hydrogens (tertiary/aromatic N) is 7. The summed E-state index contributed by atoms with van der Waals surface area (Å²) in [4.78, 5) is 74.0. The van der Waals surface area contributed by atoms with E-state index in [1.54, 1.807) is 35.2 Å². The van der Waals surface area contributed by atoms with Crippen molar-refractivity contribution in [2.75, 3.05) is 116 Å². The summed E-state index contributed by atoms with van der Waals surface area (Å²) in [6, 6.07) is 16.1. The molecule has 0 unspecified atom stereocenters. The first kappa shape index (κ1) is 61.7. The number of likely N-dealkylation sites (N-methyl/N-ethyl adjacent to an activating group) is 2. The molecule has 23 heteroatoms. The summed E-state index contributed by atoms with van der Waals surface area (Å²) in [7, 11) is 3.42. The van der Waals surface area contributed by atoms with Crippen LogP contribution in [0.5, 0.6) is 11.5 Å². The van der Waals surface area contributed by atoms with Gasteiger partial charge in [-0.3, -0.25) is 19.2 Å². The number of hydrogen-bond acceptors (Lipinski definition) is 16. The first-order valence-corrected chi connectivity index (χ1v) is 30.3. The number of rotatable bonds is 26. The first-order valence-electron chi connectivity index (χ1n) is 29.0. The zero-order valence-electron chi connectivity index (χ0n) is 48.1. The zero-order valence-corrected chi connectivity index (χ0v) is 49.7. The van der Waals surface area contributed by atoms with Crippen LogP contribution < -0.4 is 25.6 Å². The third-order valence-corrected chi connectivity index (χ3v) is 17.2. The average molecular weight is 1200 g/mol. The van der Waals surface area contributed by atoms with Gasteiger partial charge in [-0.05, 0) is 81.3 Å². The van der Waals surface area contributed by atoms with Gasteiger partial charge in [0.1, 0.15) is 46.3 Å². The molecule has 1 saturated carbocycles. The quantitative estimate of drug-likeness (QED) is 0.0375. The van der Waals surface area contributed by atoms with Crippen molar-refractivity contribution in [1.82, 2.24) is 40.3 Å². The van der Waals surface area contributed by atoms with E-state index in [1.165, 1.54) is 25.1 Å². The standard InChI is InChI=1S/C61H75ClF2N10O9S/c1-38(65-3)58(78)68-55(40-12-6-5-7-13-40)60(79)74-23-11-17-48(74)59-67-47(37-84-59)42-19-20-50(43-15-9-8-14-41(42)43)83-35-34-82-33-32-81-31-30-80-29-28-71(4)51(77)21-22-66-61-69-56-44(57(70-61)73-26-24-72(25-27-73)39(2)75)36-45(62)52(54(56)64)53-46(63)16-10-18-49(53)76/h8-10,14-16,18-20,36-38,40,48,55,65,76H,5-7,11-13,17,21-35H2,1-4H3,(H,68,78)(H,66,69,70)/t38-,48-,55-/m0/s1. The lowest BCUT2D eigenvalue weighted by molar-refractivity contribution is -0.139. The van der Waals surface area contributed by atoms with Crippen molar-refractivity contribution in [2.45, 2.75) is 83.3 Å². The molecule has 4 heterocycles. The second-order valence-electron chi connectivity index (χ2n) is 21.4. The summed E-state index contributed by atoms with van der Waals surface area (Å²) in [5.74, 6) is -1.48. The van der Waals surface area contributed by atoms with Crippen molar-refractivity contribution in [2.24, 2.45) is 5.92 Å². The third kappa shape index (κ3) is 14.8. The van der Waals surface area contributed by atoms with Crippen LogP contribution in [0.2, 0.25) is 5.02 Å². The molecule has 0 bridgehead atoms. The number of likely N-dealkylation sites (tertiary alicyclic amines) is 1. The molecule has 19 nitrogen and oxygen atoms in total. The number of benzene rings is 4. The smallest absolute Gasteiger partial charge is 0.246 e. The molecule has 2 aromatic heterocycles. The molecule has 2 aliphatic heterocycles. The molecular weight excluding hydrogens is 1120 g/mol. The number of aromatic hydroxyl groups is 1. The lowest BCUT2D eigenvalue weighted by atomic mass is 9.83. The number of phenolic OH excluding ortho intramolecular Hbond substituents is 1. The number of nitrogens with one attached hydrogen (secondary N) is 3. The van der Waals surface area contributed by atoms with Crippen LogP contribution in [-0.4, -0.2) is 177 Å². The van der Waals surface area contributed by atoms with E-state index < -0.39 is 35.0 Å². The first-order chi connectivity index (χ1) is 40.7. The summed E-state index contributed by atoms with van der Waals surface area (Å²) in [5, 5.41) is 24.7. The highest BCUT2D eigenvalue weighted by atomic mass is 35.5. The maximum Gasteiger partial charge on any atom is 0.246 e. The minimum absolute atomic E-state index is 0.00462. The Morgan fingerprint density at radius 1 is 0.821 bits per heavy atom. The van der Waals surface area contributed by atoms with Crippen LogP contribution in [0, 0.1) is 17.6 Å². The molecular formula is C61H75ClF2N10O9S. The van der Waals surface area contributed by atoms with Gasteiger partial charge in [-0.25, -0.2) is 18.7 Å². The van der Waals surface area contributed by atoms with E-state index in [1.807, 2.05) is 47.1 Å². The highest BCUT2D eigenvalue weighted by molar-refractivity contribution is 7.10. The van der Waals surface area contributed by atoms with Gasteiger partial charge < -0.3 is 59.6 Å². The fourth-order valence-corrected chi connectivity index (χ4v) is 12.4. The van der Waals surface area contributed by atoms with Gasteiger partial charge in [-0.1, -0.05) is 61.2 Å². The summed E-state index contributed by atoms with van der Waals surface area (Å²) in [5.41, 5.74) is 0.915. The van der Waals surface area contributed by atoms with Gasteiger partial charge in [0.2, 0.25) is 29.6 Å². The van der Waals surface area contributed by atoms with E-state index in [0.29, 0.717) is 84.7 Å². The maximum absolute atomic E-state index is 16.5. The van der Waals surface area contributed by atoms with Crippen molar-refractivity contribution in [3.8, 4) is 33.9 Å². The number of piperazine rings is 1. The van der Waals surface area contributed by atoms with Gasteiger partial charge in [0.05, 0.1) is 68.0 Å². The highest BCUT2D eigenvalue weighted by Gasteiger charge is 2.40. The number of thiazole rings is 1. The van der Waals surface area contributed by atoms with Crippen molar-refractivity contribution in [3.05, 3.63) is 87.7 Å². The second kappa shape index (κ2) is 29.3. The van der Waals surface area contributed by atoms with Crippen LogP contribution in [0.4, 0.5) is 20.5 Å². The number of amides is 4. The molecule has 3 atom stereocenters. The summed E-state index contributed by atoms with van der Waals surface area (Å²) < 4.78 is 55.0. The number of halogens is 3. The molecule has 84 heavy (non-hydrogen) atoms. The van der Waals surface area contributed by atoms with Crippen LogP contribution in [0.3, 0.4) is 0 Å². The molecule has 1 aliphatic carbocycles. The normalized spacial score (nSPS) is 16.5. The molecule has 9 rings (SSSR count). The maximum atomic E-state index is 16.5. The number of ether oxygens (including phenoxy) is 4. The van der Waals surface area contributed by atoms with Crippen molar-refractivity contribution in [1.29, 1.82) is 0 Å². The van der Waals surface area contributed by atoms with Crippen LogP contribution in [0.1, 0.15) is 76.3 Å². The molecule has 3 aliphatic rings. The van der Waals surface area contributed by atoms with Gasteiger partial charge in [-0.2, -0.15) is 4.98 Å². The number of fused-ring (bicyclic) bond motifs is 2. The van der Waals surface area contributed by atoms with E-state index in [9.17, 15) is 24.3 Å². The van der Waals surface area contributed by atoms with E-state index in [4.69, 9.17) is 40.5 Å². The Hall–Kier alpha value is -6.82. The topological polar surface area (TPSA) is 213 Å². The highest BCUT2D eigenvalue weighted by Crippen LogP contribution is 2.44. The number of carbonyl (C=O) groups excluding carboxylic acids is 4. The number of carbonyl (C=O) groups is 4. The largest absolute Gasteiger partial charge is 0.507 e. The fourth-order valence-electron chi connectivity index (χ4n) is 11.2. The van der Waals surface area contributed by atoms with E-state index in [2.05, 4.69) is 32.4 Å². The van der Waals surface area contributed by atoms with Crippen LogP contribution >= 0.6 is 22.9 Å². The molecule has 6 aromatic rings. The minimum atomic E-state index is -0.951. The Balaban J connectivity index is 0.685. The van der Waals surface area contributed by atoms with Crippen LogP contribution in [0.15, 0.2) is 66.0 Å². The predicted molar refractivity (Wildman–Crippen MR) is 320 cm³/mol. The van der Waals surface area contributed by atoms with E-state index in [-0.39, 0.29) is 82.6 Å². The Morgan fingerprint density at radius 3 is 2.25 bits per heavy atom. The molecule has 2 saturated heterocycles. The molecule has 3 fully saturated rings. The number of hydrogen-bond donors (Lipinski definition) is 4. The van der Waals surface area contributed by atoms with E-state index >= 15 is 8.78 Å². The molecule has 0 spiro atoms. The lowest BCUT2D eigenvalue weighted by Crippen LogP contribution is -2.55. The molecule has 0 radical (unpaired) electrons. The van der Waals surface area contributed by atoms with Gasteiger partial charge in [0.25, 0.3) is 0 Å². The molecule has 4 amide bonds. The Kier molecular flexibility index (Phi) is 21.5. The minimum Gasteiger partial charge on any atom is -0.507 e. The van der Waals surface area contributed by atoms with Crippen molar-refractivity contribution >= 4 is 80.0 Å².